The van der Waals surface area contributed by atoms with Crippen LogP contribution in [0.1, 0.15) is 16.7 Å². The van der Waals surface area contributed by atoms with Crippen LogP contribution in [0.2, 0.25) is 0 Å². The number of amides is 1. The molecule has 0 aliphatic rings. The number of benzene rings is 2. The van der Waals surface area contributed by atoms with E-state index in [-0.39, 0.29) is 12.3 Å². The molecule has 5 nitrogen and oxygen atoms in total. The van der Waals surface area contributed by atoms with Gasteiger partial charge in [0, 0.05) is 6.54 Å². The van der Waals surface area contributed by atoms with Crippen molar-refractivity contribution in [2.24, 2.45) is 0 Å². The lowest BCUT2D eigenvalue weighted by molar-refractivity contribution is -0.115. The summed E-state index contributed by atoms with van der Waals surface area (Å²) in [6, 6.07) is 17.7. The highest BCUT2D eigenvalue weighted by Crippen LogP contribution is 2.12. The van der Waals surface area contributed by atoms with Gasteiger partial charge in [0.1, 0.15) is 11.6 Å². The number of rotatable bonds is 6. The Balaban J connectivity index is 1.55. The quantitative estimate of drug-likeness (QED) is 0.711. The fourth-order valence-corrected chi connectivity index (χ4v) is 2.49. The lowest BCUT2D eigenvalue weighted by atomic mass is 10.1. The molecule has 6 heteroatoms. The molecule has 1 aromatic heterocycles. The van der Waals surface area contributed by atoms with Crippen LogP contribution in [-0.4, -0.2) is 16.1 Å². The molecule has 0 radical (unpaired) electrons. The van der Waals surface area contributed by atoms with Gasteiger partial charge in [0.15, 0.2) is 5.82 Å². The Morgan fingerprint density at radius 1 is 0.923 bits per heavy atom. The van der Waals surface area contributed by atoms with Crippen molar-refractivity contribution < 1.29 is 9.18 Å². The first-order valence-corrected chi connectivity index (χ1v) is 8.27. The van der Waals surface area contributed by atoms with Gasteiger partial charge in [-0.2, -0.15) is 0 Å². The largest absolute Gasteiger partial charge is 0.364 e. The summed E-state index contributed by atoms with van der Waals surface area (Å²) in [5, 5.41) is 13.8. The predicted molar refractivity (Wildman–Crippen MR) is 99.3 cm³/mol. The predicted octanol–water partition coefficient (Wildman–Crippen LogP) is 3.72. The number of anilines is 2. The Morgan fingerprint density at radius 3 is 2.27 bits per heavy atom. The Morgan fingerprint density at radius 2 is 1.58 bits per heavy atom. The summed E-state index contributed by atoms with van der Waals surface area (Å²) in [5.74, 6) is 0.197. The second kappa shape index (κ2) is 8.20. The van der Waals surface area contributed by atoms with Gasteiger partial charge < -0.3 is 10.6 Å². The summed E-state index contributed by atoms with van der Waals surface area (Å²) in [6.45, 7) is 2.69. The van der Waals surface area contributed by atoms with Gasteiger partial charge >= 0.3 is 0 Å². The molecule has 3 rings (SSSR count). The molecule has 26 heavy (non-hydrogen) atoms. The van der Waals surface area contributed by atoms with Gasteiger partial charge in [0.2, 0.25) is 5.91 Å². The van der Waals surface area contributed by atoms with Gasteiger partial charge in [-0.15, -0.1) is 10.2 Å². The highest BCUT2D eigenvalue weighted by molar-refractivity contribution is 5.91. The van der Waals surface area contributed by atoms with Gasteiger partial charge in [-0.05, 0) is 41.8 Å². The maximum atomic E-state index is 13.6. The SMILES string of the molecule is Cc1ccccc1CNc1ccc(NC(=O)Cc2ccccc2F)nn1. The van der Waals surface area contributed by atoms with Crippen LogP contribution in [0.5, 0.6) is 0 Å². The maximum absolute atomic E-state index is 13.6. The summed E-state index contributed by atoms with van der Waals surface area (Å²) < 4.78 is 13.6. The third-order valence-electron chi connectivity index (χ3n) is 3.96. The molecule has 0 aliphatic carbocycles. The summed E-state index contributed by atoms with van der Waals surface area (Å²) in [6.07, 6.45) is -0.0539. The monoisotopic (exact) mass is 350 g/mol. The molecular formula is C20H19FN4O. The number of nitrogens with one attached hydrogen (secondary N) is 2. The second-order valence-corrected chi connectivity index (χ2v) is 5.90. The average Bonchev–Trinajstić information content (AvgIpc) is 2.64. The Labute approximate surface area is 151 Å². The van der Waals surface area contributed by atoms with E-state index in [1.165, 1.54) is 17.2 Å². The van der Waals surface area contributed by atoms with Gasteiger partial charge in [-0.25, -0.2) is 4.39 Å². The molecular weight excluding hydrogens is 331 g/mol. The zero-order valence-electron chi connectivity index (χ0n) is 14.4. The number of aryl methyl sites for hydroxylation is 1. The molecule has 0 atom stereocenters. The number of carbonyl (C=O) groups is 1. The Hall–Kier alpha value is -3.28. The summed E-state index contributed by atoms with van der Waals surface area (Å²) in [7, 11) is 0. The number of aromatic nitrogens is 2. The van der Waals surface area contributed by atoms with Gasteiger partial charge in [-0.3, -0.25) is 4.79 Å². The van der Waals surface area contributed by atoms with Crippen molar-refractivity contribution in [2.45, 2.75) is 19.9 Å². The number of nitrogens with zero attached hydrogens (tertiary/aromatic N) is 2. The van der Waals surface area contributed by atoms with E-state index in [0.29, 0.717) is 23.7 Å². The van der Waals surface area contributed by atoms with Crippen molar-refractivity contribution in [1.29, 1.82) is 0 Å². The first-order chi connectivity index (χ1) is 12.6. The maximum Gasteiger partial charge on any atom is 0.230 e. The van der Waals surface area contributed by atoms with Crippen molar-refractivity contribution in [3.05, 3.63) is 83.2 Å². The van der Waals surface area contributed by atoms with Crippen LogP contribution in [-0.2, 0) is 17.8 Å². The van der Waals surface area contributed by atoms with Crippen LogP contribution in [0.25, 0.3) is 0 Å². The summed E-state index contributed by atoms with van der Waals surface area (Å²) >= 11 is 0. The molecule has 0 bridgehead atoms. The number of hydrogen-bond acceptors (Lipinski definition) is 4. The number of hydrogen-bond donors (Lipinski definition) is 2. The van der Waals surface area contributed by atoms with Gasteiger partial charge in [-0.1, -0.05) is 42.5 Å². The lowest BCUT2D eigenvalue weighted by Gasteiger charge is -2.09. The van der Waals surface area contributed by atoms with Crippen molar-refractivity contribution >= 4 is 17.5 Å². The van der Waals surface area contributed by atoms with Gasteiger partial charge in [0.25, 0.3) is 0 Å². The minimum absolute atomic E-state index is 0.0539. The molecule has 0 spiro atoms. The van der Waals surface area contributed by atoms with Crippen molar-refractivity contribution in [3.8, 4) is 0 Å². The smallest absolute Gasteiger partial charge is 0.230 e. The molecule has 2 aromatic carbocycles. The fraction of sp³-hybridized carbons (Fsp3) is 0.150. The van der Waals surface area contributed by atoms with Crippen molar-refractivity contribution in [2.75, 3.05) is 10.6 Å². The van der Waals surface area contributed by atoms with E-state index in [1.54, 1.807) is 30.3 Å². The van der Waals surface area contributed by atoms with Crippen LogP contribution < -0.4 is 10.6 Å². The fourth-order valence-electron chi connectivity index (χ4n) is 2.49. The molecule has 0 aliphatic heterocycles. The Kier molecular flexibility index (Phi) is 5.53. The van der Waals surface area contributed by atoms with Crippen molar-refractivity contribution in [1.82, 2.24) is 10.2 Å². The van der Waals surface area contributed by atoms with Crippen molar-refractivity contribution in [3.63, 3.8) is 0 Å². The van der Waals surface area contributed by atoms with Gasteiger partial charge in [0.05, 0.1) is 6.42 Å². The third-order valence-corrected chi connectivity index (χ3v) is 3.96. The summed E-state index contributed by atoms with van der Waals surface area (Å²) in [5.41, 5.74) is 2.72. The van der Waals surface area contributed by atoms with Crippen LogP contribution in [0.15, 0.2) is 60.7 Å². The molecule has 1 amide bonds. The first-order valence-electron chi connectivity index (χ1n) is 8.27. The molecule has 0 fully saturated rings. The minimum Gasteiger partial charge on any atom is -0.364 e. The average molecular weight is 350 g/mol. The van der Waals surface area contributed by atoms with E-state index < -0.39 is 5.82 Å². The van der Waals surface area contributed by atoms with Crippen LogP contribution in [0.4, 0.5) is 16.0 Å². The van der Waals surface area contributed by atoms with Crippen LogP contribution >= 0.6 is 0 Å². The zero-order valence-corrected chi connectivity index (χ0v) is 14.4. The number of carbonyl (C=O) groups excluding carboxylic acids is 1. The van der Waals surface area contributed by atoms with Crippen LogP contribution in [0.3, 0.4) is 0 Å². The standard InChI is InChI=1S/C20H19FN4O/c1-14-6-2-3-8-16(14)13-22-18-10-11-19(25-24-18)23-20(26)12-15-7-4-5-9-17(15)21/h2-11H,12-13H2,1H3,(H,22,24)(H,23,25,26). The van der Waals surface area contributed by atoms with E-state index in [1.807, 2.05) is 18.2 Å². The molecule has 0 saturated carbocycles. The van der Waals surface area contributed by atoms with E-state index >= 15 is 0 Å². The molecule has 0 unspecified atom stereocenters. The zero-order chi connectivity index (χ0) is 18.4. The molecule has 3 aromatic rings. The Bertz CT molecular complexity index is 896. The normalized spacial score (nSPS) is 10.4. The number of halogens is 1. The highest BCUT2D eigenvalue weighted by atomic mass is 19.1. The second-order valence-electron chi connectivity index (χ2n) is 5.90. The van der Waals surface area contributed by atoms with E-state index in [4.69, 9.17) is 0 Å². The topological polar surface area (TPSA) is 66.9 Å². The van der Waals surface area contributed by atoms with Crippen LogP contribution in [0, 0.1) is 12.7 Å². The molecule has 2 N–H and O–H groups in total. The van der Waals surface area contributed by atoms with E-state index in [2.05, 4.69) is 33.8 Å². The van der Waals surface area contributed by atoms with E-state index in [0.717, 1.165) is 0 Å². The molecule has 1 heterocycles. The third kappa shape index (κ3) is 4.63. The molecule has 0 saturated heterocycles. The highest BCUT2D eigenvalue weighted by Gasteiger charge is 2.09. The summed E-state index contributed by atoms with van der Waals surface area (Å²) in [4.78, 5) is 12.0. The molecule has 132 valence electrons. The lowest BCUT2D eigenvalue weighted by Crippen LogP contribution is -2.16. The van der Waals surface area contributed by atoms with E-state index in [9.17, 15) is 9.18 Å². The first kappa shape index (κ1) is 17.5. The minimum atomic E-state index is -0.399.